The number of nitrogens with one attached hydrogen (secondary N) is 1. The summed E-state index contributed by atoms with van der Waals surface area (Å²) in [5.41, 5.74) is 1.22. The number of ether oxygens (including phenoxy) is 1. The van der Waals surface area contributed by atoms with Crippen LogP contribution in [0.15, 0.2) is 54.6 Å². The van der Waals surface area contributed by atoms with E-state index >= 15 is 0 Å². The van der Waals surface area contributed by atoms with Crippen molar-refractivity contribution in [3.05, 3.63) is 65.7 Å². The van der Waals surface area contributed by atoms with Crippen LogP contribution in [0.3, 0.4) is 0 Å². The highest BCUT2D eigenvalue weighted by Crippen LogP contribution is 2.36. The van der Waals surface area contributed by atoms with E-state index in [0.29, 0.717) is 5.69 Å². The number of benzene rings is 2. The van der Waals surface area contributed by atoms with Crippen LogP contribution in [0.25, 0.3) is 0 Å². The van der Waals surface area contributed by atoms with Crippen LogP contribution >= 0.6 is 0 Å². The van der Waals surface area contributed by atoms with E-state index in [2.05, 4.69) is 5.32 Å². The maximum Gasteiger partial charge on any atom is 0.307 e. The average Bonchev–Trinajstić information content (AvgIpc) is 2.98. The number of aromatic carboxylic acids is 1. The van der Waals surface area contributed by atoms with Gasteiger partial charge < -0.3 is 20.0 Å². The van der Waals surface area contributed by atoms with E-state index in [1.807, 2.05) is 18.2 Å². The fourth-order valence-electron chi connectivity index (χ4n) is 2.66. The van der Waals surface area contributed by atoms with Crippen LogP contribution in [0, 0.1) is 5.92 Å². The molecule has 2 aromatic carbocycles. The number of carboxylic acid groups (broad SMARTS) is 1. The molecule has 1 aliphatic heterocycles. The van der Waals surface area contributed by atoms with Crippen molar-refractivity contribution in [2.75, 3.05) is 5.32 Å². The van der Waals surface area contributed by atoms with Gasteiger partial charge in [0.1, 0.15) is 6.10 Å². The van der Waals surface area contributed by atoms with Gasteiger partial charge in [0.25, 0.3) is 0 Å². The molecule has 0 bridgehead atoms. The van der Waals surface area contributed by atoms with Crippen LogP contribution in [-0.4, -0.2) is 17.8 Å². The monoisotopic (exact) mass is 324 g/mol. The number of amides is 1. The fourth-order valence-corrected chi connectivity index (χ4v) is 2.66. The second-order valence-electron chi connectivity index (χ2n) is 5.49. The molecular weight excluding hydrogens is 310 g/mol. The molecule has 122 valence electrons. The largest absolute Gasteiger partial charge is 0.545 e. The van der Waals surface area contributed by atoms with Crippen molar-refractivity contribution in [1.29, 1.82) is 0 Å². The summed E-state index contributed by atoms with van der Waals surface area (Å²) in [5.74, 6) is -2.69. The summed E-state index contributed by atoms with van der Waals surface area (Å²) in [6.07, 6.45) is -0.621. The van der Waals surface area contributed by atoms with Gasteiger partial charge in [0.2, 0.25) is 5.91 Å². The molecule has 1 aliphatic rings. The Balaban J connectivity index is 1.75. The van der Waals surface area contributed by atoms with Crippen LogP contribution < -0.4 is 10.4 Å². The number of hydrogen-bond acceptors (Lipinski definition) is 5. The first kappa shape index (κ1) is 15.7. The molecule has 1 amide bonds. The fraction of sp³-hybridized carbons (Fsp3) is 0.167. The third kappa shape index (κ3) is 3.27. The highest BCUT2D eigenvalue weighted by atomic mass is 16.6. The molecule has 2 atom stereocenters. The Morgan fingerprint density at radius 3 is 2.33 bits per heavy atom. The summed E-state index contributed by atoms with van der Waals surface area (Å²) >= 11 is 0. The van der Waals surface area contributed by atoms with Crippen molar-refractivity contribution < 1.29 is 24.2 Å². The van der Waals surface area contributed by atoms with E-state index in [1.54, 1.807) is 12.1 Å². The zero-order valence-electron chi connectivity index (χ0n) is 12.6. The predicted octanol–water partition coefficient (Wildman–Crippen LogP) is 1.29. The molecular formula is C18H14NO5-. The normalized spacial score (nSPS) is 19.6. The van der Waals surface area contributed by atoms with Gasteiger partial charge in [0, 0.05) is 5.69 Å². The van der Waals surface area contributed by atoms with Gasteiger partial charge in [-0.1, -0.05) is 42.5 Å². The number of anilines is 1. The molecule has 1 heterocycles. The van der Waals surface area contributed by atoms with Gasteiger partial charge in [0.15, 0.2) is 0 Å². The second-order valence-corrected chi connectivity index (χ2v) is 5.49. The first-order valence-corrected chi connectivity index (χ1v) is 7.41. The summed E-state index contributed by atoms with van der Waals surface area (Å²) in [7, 11) is 0. The standard InChI is InChI=1S/C18H15NO5/c20-15-10-14(16(24-15)11-4-2-1-3-5-11)17(21)19-13-8-6-12(7-9-13)18(22)23/h1-9,14,16H,10H2,(H,19,21)(H,22,23)/p-1. The lowest BCUT2D eigenvalue weighted by molar-refractivity contribution is -0.255. The van der Waals surface area contributed by atoms with E-state index in [-0.39, 0.29) is 17.9 Å². The number of hydrogen-bond donors (Lipinski definition) is 1. The molecule has 1 fully saturated rings. The van der Waals surface area contributed by atoms with Crippen molar-refractivity contribution in [2.45, 2.75) is 12.5 Å². The molecule has 0 aromatic heterocycles. The molecule has 0 spiro atoms. The zero-order valence-corrected chi connectivity index (χ0v) is 12.6. The lowest BCUT2D eigenvalue weighted by Gasteiger charge is -2.17. The number of carbonyl (C=O) groups is 3. The molecule has 0 saturated carbocycles. The quantitative estimate of drug-likeness (QED) is 0.855. The molecule has 6 nitrogen and oxygen atoms in total. The number of rotatable bonds is 4. The first-order chi connectivity index (χ1) is 11.5. The maximum absolute atomic E-state index is 12.5. The predicted molar refractivity (Wildman–Crippen MR) is 82.8 cm³/mol. The van der Waals surface area contributed by atoms with Crippen molar-refractivity contribution in [3.63, 3.8) is 0 Å². The Labute approximate surface area is 138 Å². The van der Waals surface area contributed by atoms with Gasteiger partial charge in [-0.2, -0.15) is 0 Å². The Morgan fingerprint density at radius 2 is 1.71 bits per heavy atom. The highest BCUT2D eigenvalue weighted by Gasteiger charge is 2.40. The minimum Gasteiger partial charge on any atom is -0.545 e. The molecule has 0 aliphatic carbocycles. The van der Waals surface area contributed by atoms with E-state index in [9.17, 15) is 19.5 Å². The lowest BCUT2D eigenvalue weighted by atomic mass is 9.94. The smallest absolute Gasteiger partial charge is 0.307 e. The van der Waals surface area contributed by atoms with Gasteiger partial charge in [-0.05, 0) is 23.3 Å². The number of carboxylic acids is 1. The third-order valence-electron chi connectivity index (χ3n) is 3.86. The van der Waals surface area contributed by atoms with Crippen LogP contribution in [0.1, 0.15) is 28.4 Å². The zero-order chi connectivity index (χ0) is 17.1. The van der Waals surface area contributed by atoms with Gasteiger partial charge in [-0.15, -0.1) is 0 Å². The Morgan fingerprint density at radius 1 is 1.04 bits per heavy atom. The SMILES string of the molecule is O=C1CC(C(=O)Nc2ccc(C(=O)[O-])cc2)C(c2ccccc2)O1. The minimum atomic E-state index is -1.29. The lowest BCUT2D eigenvalue weighted by Crippen LogP contribution is -2.25. The van der Waals surface area contributed by atoms with Crippen molar-refractivity contribution in [3.8, 4) is 0 Å². The Kier molecular flexibility index (Phi) is 4.29. The summed E-state index contributed by atoms with van der Waals surface area (Å²) in [6.45, 7) is 0. The van der Waals surface area contributed by atoms with Crippen LogP contribution in [0.4, 0.5) is 5.69 Å². The number of carbonyl (C=O) groups excluding carboxylic acids is 3. The maximum atomic E-state index is 12.5. The highest BCUT2D eigenvalue weighted by molar-refractivity contribution is 5.97. The van der Waals surface area contributed by atoms with E-state index in [0.717, 1.165) is 5.56 Å². The van der Waals surface area contributed by atoms with Gasteiger partial charge in [-0.25, -0.2) is 0 Å². The molecule has 1 saturated heterocycles. The Hall–Kier alpha value is -3.15. The van der Waals surface area contributed by atoms with E-state index in [1.165, 1.54) is 24.3 Å². The average molecular weight is 324 g/mol. The van der Waals surface area contributed by atoms with E-state index < -0.39 is 24.0 Å². The minimum absolute atomic E-state index is 0.00250. The van der Waals surface area contributed by atoms with Gasteiger partial charge in [0.05, 0.1) is 18.3 Å². The molecule has 1 N–H and O–H groups in total. The van der Waals surface area contributed by atoms with Crippen molar-refractivity contribution in [1.82, 2.24) is 0 Å². The number of esters is 1. The molecule has 2 unspecified atom stereocenters. The first-order valence-electron chi connectivity index (χ1n) is 7.41. The Bertz CT molecular complexity index is 770. The van der Waals surface area contributed by atoms with Crippen LogP contribution in [0.5, 0.6) is 0 Å². The summed E-state index contributed by atoms with van der Waals surface area (Å²) in [4.78, 5) is 34.9. The third-order valence-corrected chi connectivity index (χ3v) is 3.86. The molecule has 6 heteroatoms. The summed E-state index contributed by atoms with van der Waals surface area (Å²) < 4.78 is 5.28. The van der Waals surface area contributed by atoms with Gasteiger partial charge >= 0.3 is 5.97 Å². The summed E-state index contributed by atoms with van der Waals surface area (Å²) in [6, 6.07) is 14.7. The molecule has 2 aromatic rings. The second kappa shape index (κ2) is 6.54. The van der Waals surface area contributed by atoms with Crippen LogP contribution in [-0.2, 0) is 14.3 Å². The topological polar surface area (TPSA) is 95.5 Å². The van der Waals surface area contributed by atoms with Crippen molar-refractivity contribution in [2.24, 2.45) is 5.92 Å². The molecule has 3 rings (SSSR count). The van der Waals surface area contributed by atoms with Gasteiger partial charge in [-0.3, -0.25) is 9.59 Å². The summed E-state index contributed by atoms with van der Waals surface area (Å²) in [5, 5.41) is 13.4. The van der Waals surface area contributed by atoms with E-state index in [4.69, 9.17) is 4.74 Å². The van der Waals surface area contributed by atoms with Crippen molar-refractivity contribution >= 4 is 23.5 Å². The molecule has 24 heavy (non-hydrogen) atoms. The number of cyclic esters (lactones) is 1. The molecule has 0 radical (unpaired) electrons. The van der Waals surface area contributed by atoms with Crippen LogP contribution in [0.2, 0.25) is 0 Å².